The molecule has 0 spiro atoms. The summed E-state index contributed by atoms with van der Waals surface area (Å²) in [6.45, 7) is 4.14. The number of hydrogen-bond donors (Lipinski definition) is 1. The van der Waals surface area contributed by atoms with E-state index in [1.54, 1.807) is 17.8 Å². The molecule has 0 fully saturated rings. The van der Waals surface area contributed by atoms with Crippen molar-refractivity contribution in [1.29, 1.82) is 0 Å². The van der Waals surface area contributed by atoms with Gasteiger partial charge in [0.1, 0.15) is 5.58 Å². The molecule has 0 saturated heterocycles. The lowest BCUT2D eigenvalue weighted by Gasteiger charge is -2.10. The fourth-order valence-corrected chi connectivity index (χ4v) is 2.58. The summed E-state index contributed by atoms with van der Waals surface area (Å²) < 4.78 is 45.6. The van der Waals surface area contributed by atoms with Crippen molar-refractivity contribution in [2.45, 2.75) is 26.6 Å². The van der Waals surface area contributed by atoms with Gasteiger partial charge in [0, 0.05) is 35.9 Å². The first-order valence-electron chi connectivity index (χ1n) is 7.69. The number of aryl methyl sites for hydroxylation is 2. The molecule has 0 aliphatic heterocycles. The molecule has 2 aromatic heterocycles. The van der Waals surface area contributed by atoms with Crippen LogP contribution in [0.3, 0.4) is 0 Å². The van der Waals surface area contributed by atoms with E-state index in [4.69, 9.17) is 4.42 Å². The number of anilines is 1. The third-order valence-corrected chi connectivity index (χ3v) is 3.82. The molecule has 0 atom stereocenters. The number of carbonyl (C=O) groups excluding carboxylic acids is 1. The van der Waals surface area contributed by atoms with Gasteiger partial charge in [-0.1, -0.05) is 0 Å². The molecule has 0 aliphatic carbocycles. The molecule has 1 N–H and O–H groups in total. The van der Waals surface area contributed by atoms with Gasteiger partial charge in [-0.15, -0.1) is 0 Å². The van der Waals surface area contributed by atoms with E-state index in [1.807, 2.05) is 6.92 Å². The van der Waals surface area contributed by atoms with Crippen LogP contribution in [0.2, 0.25) is 0 Å². The lowest BCUT2D eigenvalue weighted by Crippen LogP contribution is -2.13. The maximum absolute atomic E-state index is 13.1. The summed E-state index contributed by atoms with van der Waals surface area (Å²) >= 11 is 0. The maximum atomic E-state index is 13.1. The predicted molar refractivity (Wildman–Crippen MR) is 88.1 cm³/mol. The number of fused-ring (bicyclic) bond motifs is 1. The molecular formula is C17H14F3N3O3. The highest BCUT2D eigenvalue weighted by atomic mass is 19.4. The number of nitrogens with zero attached hydrogens (tertiary/aromatic N) is 2. The first-order valence-corrected chi connectivity index (χ1v) is 7.69. The Kier molecular flexibility index (Phi) is 4.31. The summed E-state index contributed by atoms with van der Waals surface area (Å²) in [5, 5.41) is 6.47. The van der Waals surface area contributed by atoms with Crippen LogP contribution >= 0.6 is 0 Å². The SMILES string of the molecule is CCn1cc(C(=O)Nc2ccc3c(C(F)(F)F)cc(=O)oc3c2)c(C)n1. The molecule has 0 aliphatic rings. The Hall–Kier alpha value is -3.10. The second-order valence-electron chi connectivity index (χ2n) is 5.63. The standard InChI is InChI=1S/C17H14F3N3O3/c1-3-23-8-12(9(2)22-23)16(25)21-10-4-5-11-13(17(18,19)20)7-15(24)26-14(11)6-10/h4-8H,3H2,1-2H3,(H,21,25). The van der Waals surface area contributed by atoms with Crippen LogP contribution in [0.1, 0.15) is 28.5 Å². The van der Waals surface area contributed by atoms with Crippen molar-refractivity contribution in [2.75, 3.05) is 5.32 Å². The van der Waals surface area contributed by atoms with Gasteiger partial charge < -0.3 is 9.73 Å². The van der Waals surface area contributed by atoms with E-state index in [1.165, 1.54) is 12.1 Å². The first kappa shape index (κ1) is 17.7. The molecule has 9 heteroatoms. The Morgan fingerprint density at radius 2 is 2.04 bits per heavy atom. The van der Waals surface area contributed by atoms with Gasteiger partial charge in [0.2, 0.25) is 0 Å². The molecule has 0 radical (unpaired) electrons. The van der Waals surface area contributed by atoms with E-state index >= 15 is 0 Å². The Balaban J connectivity index is 1.98. The number of rotatable bonds is 3. The molecule has 0 saturated carbocycles. The van der Waals surface area contributed by atoms with E-state index in [-0.39, 0.29) is 16.7 Å². The third kappa shape index (κ3) is 3.32. The average molecular weight is 365 g/mol. The molecule has 2 heterocycles. The van der Waals surface area contributed by atoms with Crippen LogP contribution in [-0.4, -0.2) is 15.7 Å². The van der Waals surface area contributed by atoms with Crippen molar-refractivity contribution in [2.24, 2.45) is 0 Å². The van der Waals surface area contributed by atoms with Crippen LogP contribution in [0.4, 0.5) is 18.9 Å². The lowest BCUT2D eigenvalue weighted by atomic mass is 10.1. The number of nitrogens with one attached hydrogen (secondary N) is 1. The van der Waals surface area contributed by atoms with E-state index < -0.39 is 23.3 Å². The van der Waals surface area contributed by atoms with Crippen molar-refractivity contribution in [1.82, 2.24) is 9.78 Å². The minimum Gasteiger partial charge on any atom is -0.423 e. The summed E-state index contributed by atoms with van der Waals surface area (Å²) in [6, 6.07) is 4.06. The maximum Gasteiger partial charge on any atom is 0.417 e. The molecule has 6 nitrogen and oxygen atoms in total. The van der Waals surface area contributed by atoms with Gasteiger partial charge in [-0.3, -0.25) is 9.48 Å². The second-order valence-corrected chi connectivity index (χ2v) is 5.63. The van der Waals surface area contributed by atoms with Gasteiger partial charge in [0.25, 0.3) is 5.91 Å². The van der Waals surface area contributed by atoms with Gasteiger partial charge in [-0.2, -0.15) is 18.3 Å². The lowest BCUT2D eigenvalue weighted by molar-refractivity contribution is -0.136. The Morgan fingerprint density at radius 1 is 1.31 bits per heavy atom. The van der Waals surface area contributed by atoms with Crippen molar-refractivity contribution < 1.29 is 22.4 Å². The number of carbonyl (C=O) groups is 1. The summed E-state index contributed by atoms with van der Waals surface area (Å²) in [7, 11) is 0. The number of benzene rings is 1. The fourth-order valence-electron chi connectivity index (χ4n) is 2.58. The van der Waals surface area contributed by atoms with E-state index in [0.29, 0.717) is 23.9 Å². The van der Waals surface area contributed by atoms with E-state index in [9.17, 15) is 22.8 Å². The largest absolute Gasteiger partial charge is 0.423 e. The van der Waals surface area contributed by atoms with E-state index in [0.717, 1.165) is 6.07 Å². The summed E-state index contributed by atoms with van der Waals surface area (Å²) in [4.78, 5) is 23.8. The molecule has 0 unspecified atom stereocenters. The van der Waals surface area contributed by atoms with Crippen molar-refractivity contribution in [3.05, 3.63) is 57.7 Å². The molecule has 0 bridgehead atoms. The predicted octanol–water partition coefficient (Wildman–Crippen LogP) is 3.59. The van der Waals surface area contributed by atoms with Gasteiger partial charge >= 0.3 is 11.8 Å². The zero-order chi connectivity index (χ0) is 19.1. The van der Waals surface area contributed by atoms with Gasteiger partial charge in [0.05, 0.1) is 16.8 Å². The highest BCUT2D eigenvalue weighted by Crippen LogP contribution is 2.34. The fraction of sp³-hybridized carbons (Fsp3) is 0.235. The van der Waals surface area contributed by atoms with Crippen molar-refractivity contribution in [3.63, 3.8) is 0 Å². The molecule has 26 heavy (non-hydrogen) atoms. The topological polar surface area (TPSA) is 77.1 Å². The van der Waals surface area contributed by atoms with Crippen LogP contribution < -0.4 is 10.9 Å². The molecular weight excluding hydrogens is 351 g/mol. The third-order valence-electron chi connectivity index (χ3n) is 3.82. The van der Waals surface area contributed by atoms with Gasteiger partial charge in [-0.05, 0) is 26.0 Å². The molecule has 1 aromatic carbocycles. The minimum absolute atomic E-state index is 0.202. The Bertz CT molecular complexity index is 1050. The Labute approximate surface area is 145 Å². The summed E-state index contributed by atoms with van der Waals surface area (Å²) in [6.07, 6.45) is -3.11. The van der Waals surface area contributed by atoms with Crippen LogP contribution in [0.5, 0.6) is 0 Å². The minimum atomic E-state index is -4.69. The van der Waals surface area contributed by atoms with Gasteiger partial charge in [-0.25, -0.2) is 4.79 Å². The van der Waals surface area contributed by atoms with Crippen LogP contribution in [0, 0.1) is 6.92 Å². The summed E-state index contributed by atoms with van der Waals surface area (Å²) in [5.74, 6) is -0.462. The van der Waals surface area contributed by atoms with E-state index in [2.05, 4.69) is 10.4 Å². The van der Waals surface area contributed by atoms with Gasteiger partial charge in [0.15, 0.2) is 0 Å². The highest BCUT2D eigenvalue weighted by Gasteiger charge is 2.33. The average Bonchev–Trinajstić information content (AvgIpc) is 2.94. The number of halogens is 3. The normalized spacial score (nSPS) is 11.7. The molecule has 1 amide bonds. The van der Waals surface area contributed by atoms with Crippen molar-refractivity contribution >= 4 is 22.6 Å². The number of aromatic nitrogens is 2. The van der Waals surface area contributed by atoms with Crippen LogP contribution in [0.25, 0.3) is 11.0 Å². The smallest absolute Gasteiger partial charge is 0.417 e. The first-order chi connectivity index (χ1) is 12.2. The summed E-state index contributed by atoms with van der Waals surface area (Å²) in [5.41, 5.74) is -1.39. The number of hydrogen-bond acceptors (Lipinski definition) is 4. The molecule has 3 rings (SSSR count). The molecule has 3 aromatic rings. The zero-order valence-electron chi connectivity index (χ0n) is 13.8. The van der Waals surface area contributed by atoms with Crippen LogP contribution in [-0.2, 0) is 12.7 Å². The molecule has 136 valence electrons. The quantitative estimate of drug-likeness (QED) is 0.720. The number of alkyl halides is 3. The second kappa shape index (κ2) is 6.32. The number of amides is 1. The monoisotopic (exact) mass is 365 g/mol. The zero-order valence-corrected chi connectivity index (χ0v) is 13.8. The highest BCUT2D eigenvalue weighted by molar-refractivity contribution is 6.05. The Morgan fingerprint density at radius 3 is 2.65 bits per heavy atom. The van der Waals surface area contributed by atoms with Crippen LogP contribution in [0.15, 0.2) is 39.7 Å². The van der Waals surface area contributed by atoms with Crippen molar-refractivity contribution in [3.8, 4) is 0 Å².